The fourth-order valence-electron chi connectivity index (χ4n) is 2.38. The molecule has 0 aromatic heterocycles. The van der Waals surface area contributed by atoms with E-state index in [1.807, 2.05) is 0 Å². The minimum atomic E-state index is 0.824. The fraction of sp³-hybridized carbons (Fsp3) is 0.857. The normalized spacial score (nSPS) is 17.6. The highest BCUT2D eigenvalue weighted by Crippen LogP contribution is 2.31. The van der Waals surface area contributed by atoms with E-state index in [1.54, 1.807) is 11.1 Å². The SMILES string of the molecule is CCC(C)=C(CC)C(CC)C(C)CC. The molecule has 0 aromatic carbocycles. The molecule has 84 valence electrons. The van der Waals surface area contributed by atoms with E-state index < -0.39 is 0 Å². The van der Waals surface area contributed by atoms with Crippen molar-refractivity contribution in [3.8, 4) is 0 Å². The molecule has 0 spiro atoms. The van der Waals surface area contributed by atoms with Crippen molar-refractivity contribution in [3.05, 3.63) is 11.1 Å². The smallest absolute Gasteiger partial charge is 0.0178 e. The molecular formula is C14H28. The van der Waals surface area contributed by atoms with Gasteiger partial charge in [0.15, 0.2) is 0 Å². The Bertz CT molecular complexity index is 176. The van der Waals surface area contributed by atoms with E-state index in [-0.39, 0.29) is 0 Å². The zero-order chi connectivity index (χ0) is 11.1. The average molecular weight is 196 g/mol. The minimum absolute atomic E-state index is 0.824. The first kappa shape index (κ1) is 13.7. The number of rotatable bonds is 6. The summed E-state index contributed by atoms with van der Waals surface area (Å²) in [5.74, 6) is 1.67. The van der Waals surface area contributed by atoms with Gasteiger partial charge in [-0.2, -0.15) is 0 Å². The van der Waals surface area contributed by atoms with Crippen molar-refractivity contribution in [2.24, 2.45) is 11.8 Å². The van der Waals surface area contributed by atoms with E-state index in [4.69, 9.17) is 0 Å². The number of hydrogen-bond donors (Lipinski definition) is 0. The van der Waals surface area contributed by atoms with Crippen LogP contribution in [0.25, 0.3) is 0 Å². The number of hydrogen-bond acceptors (Lipinski definition) is 0. The molecular weight excluding hydrogens is 168 g/mol. The van der Waals surface area contributed by atoms with Crippen molar-refractivity contribution in [1.29, 1.82) is 0 Å². The molecule has 0 aliphatic heterocycles. The lowest BCUT2D eigenvalue weighted by atomic mass is 9.80. The zero-order valence-electron chi connectivity index (χ0n) is 11.0. The van der Waals surface area contributed by atoms with Crippen molar-refractivity contribution >= 4 is 0 Å². The second kappa shape index (κ2) is 7.09. The molecule has 0 fully saturated rings. The second-order valence-electron chi connectivity index (χ2n) is 4.41. The van der Waals surface area contributed by atoms with Gasteiger partial charge in [0.1, 0.15) is 0 Å². The van der Waals surface area contributed by atoms with Gasteiger partial charge in [-0.15, -0.1) is 0 Å². The first-order chi connectivity index (χ1) is 6.62. The summed E-state index contributed by atoms with van der Waals surface area (Å²) in [4.78, 5) is 0. The van der Waals surface area contributed by atoms with Crippen LogP contribution >= 0.6 is 0 Å². The lowest BCUT2D eigenvalue weighted by Crippen LogP contribution is -2.14. The van der Waals surface area contributed by atoms with Gasteiger partial charge in [-0.25, -0.2) is 0 Å². The highest BCUT2D eigenvalue weighted by Gasteiger charge is 2.18. The van der Waals surface area contributed by atoms with E-state index in [2.05, 4.69) is 41.5 Å². The van der Waals surface area contributed by atoms with E-state index in [0.717, 1.165) is 11.8 Å². The van der Waals surface area contributed by atoms with Crippen LogP contribution in [0.3, 0.4) is 0 Å². The van der Waals surface area contributed by atoms with Gasteiger partial charge in [0.2, 0.25) is 0 Å². The predicted octanol–water partition coefficient (Wildman–Crippen LogP) is 5.20. The van der Waals surface area contributed by atoms with Gasteiger partial charge < -0.3 is 0 Å². The summed E-state index contributed by atoms with van der Waals surface area (Å²) in [5, 5.41) is 0. The molecule has 14 heavy (non-hydrogen) atoms. The molecule has 0 saturated carbocycles. The first-order valence-electron chi connectivity index (χ1n) is 6.30. The van der Waals surface area contributed by atoms with Crippen molar-refractivity contribution in [2.75, 3.05) is 0 Å². The summed E-state index contributed by atoms with van der Waals surface area (Å²) < 4.78 is 0. The molecule has 0 nitrogen and oxygen atoms in total. The summed E-state index contributed by atoms with van der Waals surface area (Å²) in [6.45, 7) is 13.9. The Kier molecular flexibility index (Phi) is 6.96. The van der Waals surface area contributed by atoms with Crippen LogP contribution in [0.5, 0.6) is 0 Å². The van der Waals surface area contributed by atoms with Crippen LogP contribution in [-0.2, 0) is 0 Å². The van der Waals surface area contributed by atoms with E-state index >= 15 is 0 Å². The maximum Gasteiger partial charge on any atom is -0.0178 e. The van der Waals surface area contributed by atoms with Gasteiger partial charge in [0.05, 0.1) is 0 Å². The monoisotopic (exact) mass is 196 g/mol. The van der Waals surface area contributed by atoms with E-state index in [9.17, 15) is 0 Å². The first-order valence-corrected chi connectivity index (χ1v) is 6.30. The molecule has 2 atom stereocenters. The van der Waals surface area contributed by atoms with E-state index in [0.29, 0.717) is 0 Å². The molecule has 0 aliphatic rings. The quantitative estimate of drug-likeness (QED) is 0.512. The molecule has 0 amide bonds. The Morgan fingerprint density at radius 2 is 1.50 bits per heavy atom. The third-order valence-electron chi connectivity index (χ3n) is 3.68. The van der Waals surface area contributed by atoms with Crippen LogP contribution in [0.4, 0.5) is 0 Å². The lowest BCUT2D eigenvalue weighted by molar-refractivity contribution is 0.377. The molecule has 0 radical (unpaired) electrons. The van der Waals surface area contributed by atoms with Gasteiger partial charge in [-0.1, -0.05) is 52.2 Å². The van der Waals surface area contributed by atoms with Gasteiger partial charge >= 0.3 is 0 Å². The van der Waals surface area contributed by atoms with Gasteiger partial charge in [0.25, 0.3) is 0 Å². The Hall–Kier alpha value is -0.260. The topological polar surface area (TPSA) is 0 Å². The van der Waals surface area contributed by atoms with Crippen molar-refractivity contribution in [2.45, 2.75) is 67.2 Å². The highest BCUT2D eigenvalue weighted by molar-refractivity contribution is 5.15. The van der Waals surface area contributed by atoms with Gasteiger partial charge in [-0.3, -0.25) is 0 Å². The summed E-state index contributed by atoms with van der Waals surface area (Å²) in [7, 11) is 0. The molecule has 0 N–H and O–H groups in total. The van der Waals surface area contributed by atoms with Gasteiger partial charge in [0, 0.05) is 0 Å². The van der Waals surface area contributed by atoms with E-state index in [1.165, 1.54) is 25.7 Å². The van der Waals surface area contributed by atoms with Crippen LogP contribution in [-0.4, -0.2) is 0 Å². The molecule has 0 rings (SSSR count). The highest BCUT2D eigenvalue weighted by atomic mass is 14.2. The van der Waals surface area contributed by atoms with Crippen molar-refractivity contribution < 1.29 is 0 Å². The van der Waals surface area contributed by atoms with Crippen LogP contribution in [0.1, 0.15) is 67.2 Å². The maximum atomic E-state index is 2.40. The van der Waals surface area contributed by atoms with Crippen LogP contribution in [0.15, 0.2) is 11.1 Å². The summed E-state index contributed by atoms with van der Waals surface area (Å²) in [6.07, 6.45) is 5.06. The van der Waals surface area contributed by atoms with Crippen molar-refractivity contribution in [3.63, 3.8) is 0 Å². The summed E-state index contributed by atoms with van der Waals surface area (Å²) in [5.41, 5.74) is 3.35. The minimum Gasteiger partial charge on any atom is -0.0741 e. The Morgan fingerprint density at radius 3 is 1.79 bits per heavy atom. The maximum absolute atomic E-state index is 2.40. The molecule has 0 heterocycles. The summed E-state index contributed by atoms with van der Waals surface area (Å²) in [6, 6.07) is 0. The Labute approximate surface area is 90.8 Å². The van der Waals surface area contributed by atoms with Crippen molar-refractivity contribution in [1.82, 2.24) is 0 Å². The molecule has 0 aliphatic carbocycles. The summed E-state index contributed by atoms with van der Waals surface area (Å²) >= 11 is 0. The molecule has 0 aromatic rings. The predicted molar refractivity (Wildman–Crippen MR) is 66.5 cm³/mol. The molecule has 0 bridgehead atoms. The average Bonchev–Trinajstić information content (AvgIpc) is 2.23. The lowest BCUT2D eigenvalue weighted by Gasteiger charge is -2.26. The molecule has 0 heteroatoms. The van der Waals surface area contributed by atoms with Crippen LogP contribution in [0.2, 0.25) is 0 Å². The molecule has 2 unspecified atom stereocenters. The second-order valence-corrected chi connectivity index (χ2v) is 4.41. The number of allylic oxidation sites excluding steroid dienone is 2. The third-order valence-corrected chi connectivity index (χ3v) is 3.68. The van der Waals surface area contributed by atoms with Crippen LogP contribution < -0.4 is 0 Å². The molecule has 0 saturated heterocycles. The standard InChI is InChI=1S/C14H28/c1-7-11(5)13(9-3)14(10-4)12(6)8-2/h11,13H,7-10H2,1-6H3. The largest absolute Gasteiger partial charge is 0.0741 e. The third kappa shape index (κ3) is 3.48. The fourth-order valence-corrected chi connectivity index (χ4v) is 2.38. The zero-order valence-corrected chi connectivity index (χ0v) is 11.0. The Morgan fingerprint density at radius 1 is 0.929 bits per heavy atom. The van der Waals surface area contributed by atoms with Gasteiger partial charge in [-0.05, 0) is 38.0 Å². The van der Waals surface area contributed by atoms with Crippen LogP contribution in [0, 0.1) is 11.8 Å². The Balaban J connectivity index is 4.78.